The molecule has 184 valence electrons. The van der Waals surface area contributed by atoms with E-state index in [0.29, 0.717) is 41.7 Å². The molecule has 3 aromatic rings. The number of nitrogens with zero attached hydrogens (tertiary/aromatic N) is 4. The van der Waals surface area contributed by atoms with Crippen LogP contribution in [0.3, 0.4) is 0 Å². The SMILES string of the molecule is CCN(CC)CCN(C(=O)C1CCCCN1S(=O)(=O)c1cccs1)c1nc2c(Cl)cccc2s1. The highest BCUT2D eigenvalue weighted by Crippen LogP contribution is 2.35. The zero-order valence-corrected chi connectivity index (χ0v) is 22.5. The van der Waals surface area contributed by atoms with Crippen LogP contribution in [0.15, 0.2) is 39.9 Å². The molecule has 1 amide bonds. The largest absolute Gasteiger partial charge is 0.302 e. The normalized spacial score (nSPS) is 17.5. The minimum Gasteiger partial charge on any atom is -0.302 e. The summed E-state index contributed by atoms with van der Waals surface area (Å²) in [6.45, 7) is 7.35. The van der Waals surface area contributed by atoms with Crippen molar-refractivity contribution in [2.24, 2.45) is 0 Å². The number of benzene rings is 1. The topological polar surface area (TPSA) is 73.8 Å². The summed E-state index contributed by atoms with van der Waals surface area (Å²) in [7, 11) is -3.74. The number of hydrogen-bond donors (Lipinski definition) is 0. The molecule has 1 fully saturated rings. The number of thiophene rings is 1. The molecule has 0 spiro atoms. The number of rotatable bonds is 9. The Bertz CT molecular complexity index is 1230. The van der Waals surface area contributed by atoms with Crippen LogP contribution in [0.1, 0.15) is 33.1 Å². The van der Waals surface area contributed by atoms with E-state index in [4.69, 9.17) is 16.6 Å². The Morgan fingerprint density at radius 3 is 2.65 bits per heavy atom. The van der Waals surface area contributed by atoms with E-state index in [1.54, 1.807) is 28.5 Å². The first-order valence-corrected chi connectivity index (χ1v) is 15.0. The van der Waals surface area contributed by atoms with Gasteiger partial charge < -0.3 is 4.90 Å². The molecule has 0 N–H and O–H groups in total. The third kappa shape index (κ3) is 5.17. The monoisotopic (exact) mass is 540 g/mol. The minimum atomic E-state index is -3.74. The summed E-state index contributed by atoms with van der Waals surface area (Å²) < 4.78 is 29.4. The van der Waals surface area contributed by atoms with E-state index in [9.17, 15) is 13.2 Å². The van der Waals surface area contributed by atoms with Gasteiger partial charge >= 0.3 is 0 Å². The first kappa shape index (κ1) is 25.5. The van der Waals surface area contributed by atoms with Crippen molar-refractivity contribution in [3.8, 4) is 0 Å². The van der Waals surface area contributed by atoms with Crippen LogP contribution in [-0.2, 0) is 14.8 Å². The van der Waals surface area contributed by atoms with E-state index in [0.717, 1.165) is 30.6 Å². The molecule has 7 nitrogen and oxygen atoms in total. The molecule has 0 bridgehead atoms. The van der Waals surface area contributed by atoms with Crippen LogP contribution in [0.2, 0.25) is 5.02 Å². The summed E-state index contributed by atoms with van der Waals surface area (Å²) in [5.41, 5.74) is 0.663. The van der Waals surface area contributed by atoms with Crippen LogP contribution in [0.25, 0.3) is 10.2 Å². The highest BCUT2D eigenvalue weighted by molar-refractivity contribution is 7.91. The van der Waals surface area contributed by atoms with Gasteiger partial charge in [-0.2, -0.15) is 4.31 Å². The molecular weight excluding hydrogens is 512 g/mol. The van der Waals surface area contributed by atoms with Crippen molar-refractivity contribution in [1.29, 1.82) is 0 Å². The number of sulfonamides is 1. The molecule has 1 unspecified atom stereocenters. The second-order valence-corrected chi connectivity index (χ2v) is 12.6. The maximum absolute atomic E-state index is 14.0. The van der Waals surface area contributed by atoms with Crippen molar-refractivity contribution in [3.63, 3.8) is 0 Å². The summed E-state index contributed by atoms with van der Waals surface area (Å²) in [5, 5.41) is 2.84. The summed E-state index contributed by atoms with van der Waals surface area (Å²) in [4.78, 5) is 22.6. The van der Waals surface area contributed by atoms with E-state index in [-0.39, 0.29) is 10.1 Å². The number of fused-ring (bicyclic) bond motifs is 1. The average Bonchev–Trinajstić information content (AvgIpc) is 3.53. The van der Waals surface area contributed by atoms with Gasteiger partial charge in [0.25, 0.3) is 10.0 Å². The first-order chi connectivity index (χ1) is 16.4. The van der Waals surface area contributed by atoms with Crippen LogP contribution < -0.4 is 4.90 Å². The third-order valence-corrected chi connectivity index (χ3v) is 10.8. The molecule has 0 aliphatic carbocycles. The standard InChI is InChI=1S/C23H29ClN4O3S3/c1-3-26(4-2)14-15-27(23-25-21-17(24)9-7-11-19(21)33-23)22(29)18-10-5-6-13-28(18)34(30,31)20-12-8-16-32-20/h7-9,11-12,16,18H,3-6,10,13-15H2,1-2H3. The number of carbonyl (C=O) groups is 1. The summed E-state index contributed by atoms with van der Waals surface area (Å²) in [6.07, 6.45) is 2.05. The molecule has 3 heterocycles. The van der Waals surface area contributed by atoms with Gasteiger partial charge in [-0.25, -0.2) is 13.4 Å². The fraction of sp³-hybridized carbons (Fsp3) is 0.478. The summed E-state index contributed by atoms with van der Waals surface area (Å²) in [5.74, 6) is -0.220. The molecule has 4 rings (SSSR count). The molecule has 1 aliphatic heterocycles. The number of para-hydroxylation sites is 1. The lowest BCUT2D eigenvalue weighted by Crippen LogP contribution is -2.54. The van der Waals surface area contributed by atoms with Gasteiger partial charge in [-0.15, -0.1) is 11.3 Å². The molecule has 11 heteroatoms. The summed E-state index contributed by atoms with van der Waals surface area (Å²) in [6, 6.07) is 8.16. The van der Waals surface area contributed by atoms with Crippen LogP contribution in [-0.4, -0.2) is 67.3 Å². The van der Waals surface area contributed by atoms with E-state index in [1.807, 2.05) is 12.1 Å². The fourth-order valence-electron chi connectivity index (χ4n) is 4.25. The number of anilines is 1. The maximum atomic E-state index is 14.0. The Morgan fingerprint density at radius 2 is 1.97 bits per heavy atom. The number of piperidine rings is 1. The zero-order chi connectivity index (χ0) is 24.3. The number of amides is 1. The van der Waals surface area contributed by atoms with Crippen molar-refractivity contribution < 1.29 is 13.2 Å². The minimum absolute atomic E-state index is 0.220. The van der Waals surface area contributed by atoms with Gasteiger partial charge in [0, 0.05) is 19.6 Å². The Labute approximate surface area is 214 Å². The molecular formula is C23H29ClN4O3S3. The quantitative estimate of drug-likeness (QED) is 0.385. The lowest BCUT2D eigenvalue weighted by atomic mass is 10.0. The van der Waals surface area contributed by atoms with E-state index < -0.39 is 16.1 Å². The van der Waals surface area contributed by atoms with Gasteiger partial charge in [0.1, 0.15) is 15.8 Å². The Kier molecular flexibility index (Phi) is 8.27. The fourth-order valence-corrected chi connectivity index (χ4v) is 8.31. The van der Waals surface area contributed by atoms with Crippen LogP contribution in [0, 0.1) is 0 Å². The molecule has 34 heavy (non-hydrogen) atoms. The van der Waals surface area contributed by atoms with Crippen molar-refractivity contribution in [1.82, 2.24) is 14.2 Å². The molecule has 1 saturated heterocycles. The second kappa shape index (κ2) is 11.0. The van der Waals surface area contributed by atoms with Crippen LogP contribution in [0.4, 0.5) is 5.13 Å². The molecule has 0 saturated carbocycles. The van der Waals surface area contributed by atoms with Gasteiger partial charge in [-0.05, 0) is 49.5 Å². The number of hydrogen-bond acceptors (Lipinski definition) is 7. The Morgan fingerprint density at radius 1 is 1.18 bits per heavy atom. The van der Waals surface area contributed by atoms with Crippen LogP contribution in [0.5, 0.6) is 0 Å². The lowest BCUT2D eigenvalue weighted by Gasteiger charge is -2.36. The zero-order valence-electron chi connectivity index (χ0n) is 19.3. The highest BCUT2D eigenvalue weighted by Gasteiger charge is 2.40. The van der Waals surface area contributed by atoms with E-state index >= 15 is 0 Å². The van der Waals surface area contributed by atoms with E-state index in [1.165, 1.54) is 27.0 Å². The molecule has 1 aromatic carbocycles. The van der Waals surface area contributed by atoms with Gasteiger partial charge in [0.05, 0.1) is 9.72 Å². The van der Waals surface area contributed by atoms with Crippen molar-refractivity contribution in [2.45, 2.75) is 43.4 Å². The van der Waals surface area contributed by atoms with Gasteiger partial charge in [0.2, 0.25) is 5.91 Å². The molecule has 1 aliphatic rings. The average molecular weight is 541 g/mol. The Hall–Kier alpha value is -1.56. The number of aromatic nitrogens is 1. The smallest absolute Gasteiger partial charge is 0.253 e. The first-order valence-electron chi connectivity index (χ1n) is 11.5. The Balaban J connectivity index is 1.70. The summed E-state index contributed by atoms with van der Waals surface area (Å²) >= 11 is 8.95. The highest BCUT2D eigenvalue weighted by atomic mass is 35.5. The van der Waals surface area contributed by atoms with Crippen LogP contribution >= 0.6 is 34.3 Å². The maximum Gasteiger partial charge on any atom is 0.253 e. The molecule has 2 aromatic heterocycles. The van der Waals surface area contributed by atoms with Gasteiger partial charge in [0.15, 0.2) is 5.13 Å². The number of likely N-dealkylation sites (N-methyl/N-ethyl adjacent to an activating group) is 1. The van der Waals surface area contributed by atoms with Crippen molar-refractivity contribution in [2.75, 3.05) is 37.6 Å². The number of halogens is 1. The van der Waals surface area contributed by atoms with Gasteiger partial charge in [-0.3, -0.25) is 9.69 Å². The molecule has 1 atom stereocenters. The van der Waals surface area contributed by atoms with Gasteiger partial charge in [-0.1, -0.05) is 55.3 Å². The lowest BCUT2D eigenvalue weighted by molar-refractivity contribution is -0.123. The van der Waals surface area contributed by atoms with E-state index in [2.05, 4.69) is 18.7 Å². The third-order valence-electron chi connectivity index (χ3n) is 6.19. The number of thiazole rings is 1. The second-order valence-electron chi connectivity index (χ2n) is 8.16. The van der Waals surface area contributed by atoms with Crippen molar-refractivity contribution in [3.05, 3.63) is 40.7 Å². The van der Waals surface area contributed by atoms with Crippen molar-refractivity contribution >= 4 is 65.6 Å². The predicted octanol–water partition coefficient (Wildman–Crippen LogP) is 4.93. The number of carbonyl (C=O) groups excluding carboxylic acids is 1. The molecule has 0 radical (unpaired) electrons. The predicted molar refractivity (Wildman–Crippen MR) is 141 cm³/mol.